The first-order chi connectivity index (χ1) is 11.9. The number of ether oxygens (including phenoxy) is 2. The van der Waals surface area contributed by atoms with Gasteiger partial charge in [0.25, 0.3) is 0 Å². The summed E-state index contributed by atoms with van der Waals surface area (Å²) in [6, 6.07) is 11.5. The summed E-state index contributed by atoms with van der Waals surface area (Å²) in [4.78, 5) is 4.51. The van der Waals surface area contributed by atoms with E-state index in [9.17, 15) is 0 Å². The SMILES string of the molecule is c1cc(-c2nc(Nc3ccc4c(c3)OCO4)n[nH]2)c2cn[nH]c2c1. The van der Waals surface area contributed by atoms with E-state index in [1.807, 2.05) is 36.4 Å². The molecular weight excluding hydrogens is 308 g/mol. The van der Waals surface area contributed by atoms with Gasteiger partial charge in [0.15, 0.2) is 17.3 Å². The van der Waals surface area contributed by atoms with Crippen molar-refractivity contribution in [2.75, 3.05) is 12.1 Å². The predicted octanol–water partition coefficient (Wildman–Crippen LogP) is 2.82. The van der Waals surface area contributed by atoms with Crippen LogP contribution in [0.4, 0.5) is 11.6 Å². The van der Waals surface area contributed by atoms with E-state index in [1.165, 1.54) is 0 Å². The average molecular weight is 320 g/mol. The minimum atomic E-state index is 0.248. The van der Waals surface area contributed by atoms with Crippen molar-refractivity contribution in [3.8, 4) is 22.9 Å². The van der Waals surface area contributed by atoms with Crippen molar-refractivity contribution < 1.29 is 9.47 Å². The second kappa shape index (κ2) is 4.98. The highest BCUT2D eigenvalue weighted by atomic mass is 16.7. The van der Waals surface area contributed by atoms with Crippen molar-refractivity contribution in [2.45, 2.75) is 0 Å². The van der Waals surface area contributed by atoms with Crippen molar-refractivity contribution in [1.29, 1.82) is 0 Å². The highest BCUT2D eigenvalue weighted by Gasteiger charge is 2.14. The number of rotatable bonds is 3. The molecule has 3 N–H and O–H groups in total. The molecule has 2 aromatic carbocycles. The van der Waals surface area contributed by atoms with Crippen LogP contribution in [0.5, 0.6) is 11.5 Å². The zero-order chi connectivity index (χ0) is 15.9. The standard InChI is InChI=1S/C16H12N6O2/c1-2-10(11-7-17-20-12(11)3-1)15-19-16(22-21-15)18-9-4-5-13-14(6-9)24-8-23-13/h1-7H,8H2,(H,17,20)(H2,18,19,21,22). The second-order valence-corrected chi connectivity index (χ2v) is 5.34. The van der Waals surface area contributed by atoms with E-state index in [4.69, 9.17) is 9.47 Å². The molecule has 0 radical (unpaired) electrons. The number of nitrogens with zero attached hydrogens (tertiary/aromatic N) is 3. The molecule has 5 rings (SSSR count). The molecule has 2 aromatic heterocycles. The van der Waals surface area contributed by atoms with Crippen LogP contribution in [0, 0.1) is 0 Å². The molecule has 8 nitrogen and oxygen atoms in total. The third kappa shape index (κ3) is 2.04. The Kier molecular flexibility index (Phi) is 2.69. The Hall–Kier alpha value is -3.55. The van der Waals surface area contributed by atoms with E-state index in [1.54, 1.807) is 6.20 Å². The van der Waals surface area contributed by atoms with Gasteiger partial charge in [-0.05, 0) is 18.2 Å². The smallest absolute Gasteiger partial charge is 0.246 e. The Labute approximate surface area is 135 Å². The lowest BCUT2D eigenvalue weighted by Crippen LogP contribution is -1.93. The topological polar surface area (TPSA) is 101 Å². The molecular formula is C16H12N6O2. The maximum Gasteiger partial charge on any atom is 0.246 e. The highest BCUT2D eigenvalue weighted by molar-refractivity contribution is 5.92. The number of anilines is 2. The number of aromatic amines is 2. The summed E-state index contributed by atoms with van der Waals surface area (Å²) >= 11 is 0. The fourth-order valence-electron chi connectivity index (χ4n) is 2.72. The van der Waals surface area contributed by atoms with E-state index >= 15 is 0 Å². The van der Waals surface area contributed by atoms with Crippen LogP contribution >= 0.6 is 0 Å². The molecule has 1 aliphatic rings. The summed E-state index contributed by atoms with van der Waals surface area (Å²) in [6.07, 6.45) is 1.78. The number of hydrogen-bond acceptors (Lipinski definition) is 6. The first-order valence-corrected chi connectivity index (χ1v) is 7.38. The van der Waals surface area contributed by atoms with Gasteiger partial charge in [0.05, 0.1) is 11.7 Å². The number of fused-ring (bicyclic) bond motifs is 2. The Morgan fingerprint density at radius 1 is 1.04 bits per heavy atom. The predicted molar refractivity (Wildman–Crippen MR) is 87.3 cm³/mol. The van der Waals surface area contributed by atoms with Crippen molar-refractivity contribution in [3.63, 3.8) is 0 Å². The lowest BCUT2D eigenvalue weighted by atomic mass is 10.1. The van der Waals surface area contributed by atoms with Crippen LogP contribution in [0.15, 0.2) is 42.6 Å². The maximum atomic E-state index is 5.37. The molecule has 4 aromatic rings. The van der Waals surface area contributed by atoms with Crippen LogP contribution in [0.2, 0.25) is 0 Å². The van der Waals surface area contributed by atoms with Crippen molar-refractivity contribution in [3.05, 3.63) is 42.6 Å². The number of aromatic nitrogens is 5. The van der Waals surface area contributed by atoms with Gasteiger partial charge in [-0.15, -0.1) is 5.10 Å². The molecule has 0 saturated carbocycles. The second-order valence-electron chi connectivity index (χ2n) is 5.34. The van der Waals surface area contributed by atoms with Crippen LogP contribution in [0.1, 0.15) is 0 Å². The van der Waals surface area contributed by atoms with Crippen LogP contribution in [0.3, 0.4) is 0 Å². The van der Waals surface area contributed by atoms with E-state index in [-0.39, 0.29) is 6.79 Å². The third-order valence-electron chi connectivity index (χ3n) is 3.85. The van der Waals surface area contributed by atoms with E-state index in [2.05, 4.69) is 30.7 Å². The number of nitrogens with one attached hydrogen (secondary N) is 3. The summed E-state index contributed by atoms with van der Waals surface area (Å²) in [7, 11) is 0. The fraction of sp³-hybridized carbons (Fsp3) is 0.0625. The lowest BCUT2D eigenvalue weighted by molar-refractivity contribution is 0.174. The van der Waals surface area contributed by atoms with Crippen molar-refractivity contribution in [1.82, 2.24) is 25.4 Å². The van der Waals surface area contributed by atoms with Gasteiger partial charge < -0.3 is 14.8 Å². The van der Waals surface area contributed by atoms with Crippen LogP contribution in [0.25, 0.3) is 22.3 Å². The molecule has 1 aliphatic heterocycles. The number of H-pyrrole nitrogens is 2. The first kappa shape index (κ1) is 12.9. The molecule has 118 valence electrons. The molecule has 0 amide bonds. The Morgan fingerprint density at radius 2 is 2.00 bits per heavy atom. The first-order valence-electron chi connectivity index (χ1n) is 7.38. The van der Waals surface area contributed by atoms with E-state index in [0.29, 0.717) is 17.5 Å². The zero-order valence-corrected chi connectivity index (χ0v) is 12.4. The molecule has 0 bridgehead atoms. The van der Waals surface area contributed by atoms with E-state index in [0.717, 1.165) is 27.9 Å². The molecule has 0 saturated heterocycles. The minimum Gasteiger partial charge on any atom is -0.454 e. The summed E-state index contributed by atoms with van der Waals surface area (Å²) in [6.45, 7) is 0.248. The molecule has 3 heterocycles. The fourth-order valence-corrected chi connectivity index (χ4v) is 2.72. The van der Waals surface area contributed by atoms with Crippen LogP contribution in [-0.4, -0.2) is 32.2 Å². The largest absolute Gasteiger partial charge is 0.454 e. The normalized spacial score (nSPS) is 12.7. The van der Waals surface area contributed by atoms with Gasteiger partial charge in [-0.1, -0.05) is 12.1 Å². The quantitative estimate of drug-likeness (QED) is 0.536. The van der Waals surface area contributed by atoms with Gasteiger partial charge >= 0.3 is 0 Å². The van der Waals surface area contributed by atoms with Gasteiger partial charge in [0, 0.05) is 22.7 Å². The highest BCUT2D eigenvalue weighted by Crippen LogP contribution is 2.35. The molecule has 24 heavy (non-hydrogen) atoms. The summed E-state index contributed by atoms with van der Waals surface area (Å²) < 4.78 is 10.7. The Balaban J connectivity index is 1.46. The number of hydrogen-bond donors (Lipinski definition) is 3. The maximum absolute atomic E-state index is 5.37. The summed E-state index contributed by atoms with van der Waals surface area (Å²) in [5.74, 6) is 2.59. The molecule has 0 aliphatic carbocycles. The molecule has 8 heteroatoms. The van der Waals surface area contributed by atoms with Gasteiger partial charge in [0.1, 0.15) is 0 Å². The van der Waals surface area contributed by atoms with Gasteiger partial charge in [-0.25, -0.2) is 0 Å². The van der Waals surface area contributed by atoms with E-state index < -0.39 is 0 Å². The summed E-state index contributed by atoms with van der Waals surface area (Å²) in [5.41, 5.74) is 2.72. The van der Waals surface area contributed by atoms with Gasteiger partial charge in [0.2, 0.25) is 12.7 Å². The molecule has 0 atom stereocenters. The number of benzene rings is 2. The zero-order valence-electron chi connectivity index (χ0n) is 12.4. The van der Waals surface area contributed by atoms with Gasteiger partial charge in [-0.3, -0.25) is 10.2 Å². The lowest BCUT2D eigenvalue weighted by Gasteiger charge is -2.02. The average Bonchev–Trinajstić information content (AvgIpc) is 3.34. The Bertz CT molecular complexity index is 1040. The molecule has 0 fully saturated rings. The minimum absolute atomic E-state index is 0.248. The van der Waals surface area contributed by atoms with Crippen molar-refractivity contribution >= 4 is 22.5 Å². The molecule has 0 unspecified atom stereocenters. The van der Waals surface area contributed by atoms with Crippen LogP contribution in [-0.2, 0) is 0 Å². The molecule has 0 spiro atoms. The van der Waals surface area contributed by atoms with Gasteiger partial charge in [-0.2, -0.15) is 10.1 Å². The Morgan fingerprint density at radius 3 is 3.00 bits per heavy atom. The monoisotopic (exact) mass is 320 g/mol. The third-order valence-corrected chi connectivity index (χ3v) is 3.85. The van der Waals surface area contributed by atoms with Crippen molar-refractivity contribution in [2.24, 2.45) is 0 Å². The van der Waals surface area contributed by atoms with Crippen LogP contribution < -0.4 is 14.8 Å². The summed E-state index contributed by atoms with van der Waals surface area (Å²) in [5, 5.41) is 18.3.